The quantitative estimate of drug-likeness (QED) is 0.132. The van der Waals surface area contributed by atoms with Crippen LogP contribution in [0.5, 0.6) is 0 Å². The zero-order valence-electron chi connectivity index (χ0n) is 22.2. The van der Waals surface area contributed by atoms with E-state index in [9.17, 15) is 9.59 Å². The Bertz CT molecular complexity index is 1250. The number of ether oxygens (including phenoxy) is 2. The Balaban J connectivity index is 1.79. The maximum absolute atomic E-state index is 13.4. The first-order chi connectivity index (χ1) is 17.9. The van der Waals surface area contributed by atoms with Crippen molar-refractivity contribution in [3.63, 3.8) is 0 Å². The number of fused-ring (bicyclic) bond motifs is 1. The van der Waals surface area contributed by atoms with Gasteiger partial charge in [-0.25, -0.2) is 0 Å². The Hall–Kier alpha value is -2.59. The van der Waals surface area contributed by atoms with Gasteiger partial charge in [-0.05, 0) is 49.5 Å². The van der Waals surface area contributed by atoms with Gasteiger partial charge in [-0.3, -0.25) is 9.59 Å². The van der Waals surface area contributed by atoms with Gasteiger partial charge in [0, 0.05) is 50.3 Å². The highest BCUT2D eigenvalue weighted by Gasteiger charge is 2.18. The van der Waals surface area contributed by atoms with Crippen molar-refractivity contribution in [3.05, 3.63) is 63.9 Å². The first kappa shape index (κ1) is 29.0. The molecule has 0 amide bonds. The molecule has 0 atom stereocenters. The lowest BCUT2D eigenvalue weighted by Crippen LogP contribution is -2.27. The smallest absolute Gasteiger partial charge is 0.262 e. The Kier molecular flexibility index (Phi) is 11.3. The van der Waals surface area contributed by atoms with Crippen molar-refractivity contribution in [3.8, 4) is 0 Å². The lowest BCUT2D eigenvalue weighted by atomic mass is 9.90. The van der Waals surface area contributed by atoms with Gasteiger partial charge in [-0.1, -0.05) is 29.7 Å². The van der Waals surface area contributed by atoms with Crippen molar-refractivity contribution in [2.45, 2.75) is 24.4 Å². The van der Waals surface area contributed by atoms with E-state index in [2.05, 4.69) is 11.9 Å². The van der Waals surface area contributed by atoms with E-state index in [1.54, 1.807) is 23.4 Å². The monoisotopic (exact) mass is 521 g/mol. The van der Waals surface area contributed by atoms with Crippen molar-refractivity contribution in [1.82, 2.24) is 9.47 Å². The van der Waals surface area contributed by atoms with E-state index in [1.807, 2.05) is 61.5 Å². The van der Waals surface area contributed by atoms with E-state index in [0.29, 0.717) is 32.7 Å². The van der Waals surface area contributed by atoms with E-state index in [1.165, 1.54) is 0 Å². The Morgan fingerprint density at radius 1 is 1.08 bits per heavy atom. The maximum atomic E-state index is 13.4. The minimum atomic E-state index is -0.284. The standard InChI is InChI=1S/C28H36BN3O4S/c1-30(2)22-10-11-23-26(18-22)32(13-14-36-16-15-35-4)28(34)24(20-33)27(23)37-17-7-12-31(3)19-21-8-5-6-9-25(21)29/h5-6,8-11,18,20H,7,12-17,19H2,1-4H3. The van der Waals surface area contributed by atoms with Crippen LogP contribution in [0.25, 0.3) is 10.9 Å². The highest BCUT2D eigenvalue weighted by Crippen LogP contribution is 2.32. The van der Waals surface area contributed by atoms with E-state index in [0.717, 1.165) is 57.8 Å². The van der Waals surface area contributed by atoms with Gasteiger partial charge in [0.05, 0.1) is 30.9 Å². The molecule has 1 aromatic heterocycles. The van der Waals surface area contributed by atoms with Crippen molar-refractivity contribution < 1.29 is 14.3 Å². The van der Waals surface area contributed by atoms with Crippen molar-refractivity contribution >= 4 is 47.9 Å². The second-order valence-corrected chi connectivity index (χ2v) is 10.3. The normalized spacial score (nSPS) is 11.4. The summed E-state index contributed by atoms with van der Waals surface area (Å²) in [6, 6.07) is 13.9. The molecule has 1 heterocycles. The summed E-state index contributed by atoms with van der Waals surface area (Å²) < 4.78 is 12.3. The van der Waals surface area contributed by atoms with Crippen LogP contribution in [0.4, 0.5) is 5.69 Å². The Morgan fingerprint density at radius 3 is 2.57 bits per heavy atom. The van der Waals surface area contributed by atoms with E-state index >= 15 is 0 Å². The molecule has 0 N–H and O–H groups in total. The molecule has 0 aliphatic carbocycles. The molecule has 0 unspecified atom stereocenters. The molecular weight excluding hydrogens is 485 g/mol. The zero-order chi connectivity index (χ0) is 26.8. The van der Waals surface area contributed by atoms with Crippen LogP contribution >= 0.6 is 11.8 Å². The SMILES string of the molecule is [B]c1ccccc1CN(C)CCCSc1c(C=O)c(=O)n(CCOCCOC)c2cc(N(C)C)ccc12. The predicted molar refractivity (Wildman–Crippen MR) is 154 cm³/mol. The van der Waals surface area contributed by atoms with E-state index < -0.39 is 0 Å². The van der Waals surface area contributed by atoms with E-state index in [-0.39, 0.29) is 11.1 Å². The topological polar surface area (TPSA) is 64.0 Å². The number of thioether (sulfide) groups is 1. The van der Waals surface area contributed by atoms with Crippen molar-refractivity contribution in [2.24, 2.45) is 0 Å². The summed E-state index contributed by atoms with van der Waals surface area (Å²) in [5.41, 5.74) is 3.62. The summed E-state index contributed by atoms with van der Waals surface area (Å²) in [6.07, 6.45) is 1.59. The van der Waals surface area contributed by atoms with E-state index in [4.69, 9.17) is 17.3 Å². The summed E-state index contributed by atoms with van der Waals surface area (Å²) in [4.78, 5) is 30.5. The molecule has 0 aliphatic rings. The van der Waals surface area contributed by atoms with Gasteiger partial charge in [0.25, 0.3) is 5.56 Å². The maximum Gasteiger partial charge on any atom is 0.262 e. The fourth-order valence-electron chi connectivity index (χ4n) is 4.15. The molecule has 0 fully saturated rings. The summed E-state index contributed by atoms with van der Waals surface area (Å²) in [5.74, 6) is 0.781. The molecule has 0 saturated heterocycles. The fraction of sp³-hybridized carbons (Fsp3) is 0.429. The molecule has 2 aromatic carbocycles. The average Bonchev–Trinajstić information content (AvgIpc) is 2.88. The van der Waals surface area contributed by atoms with Crippen LogP contribution in [0.3, 0.4) is 0 Å². The zero-order valence-corrected chi connectivity index (χ0v) is 23.1. The third kappa shape index (κ3) is 7.71. The molecule has 3 rings (SSSR count). The van der Waals surface area contributed by atoms with Gasteiger partial charge in [0.15, 0.2) is 6.29 Å². The third-order valence-electron chi connectivity index (χ3n) is 6.19. The van der Waals surface area contributed by atoms with Crippen LogP contribution in [-0.2, 0) is 22.6 Å². The van der Waals surface area contributed by atoms with Gasteiger partial charge >= 0.3 is 0 Å². The lowest BCUT2D eigenvalue weighted by Gasteiger charge is -2.20. The number of hydrogen-bond donors (Lipinski definition) is 0. The van der Waals surface area contributed by atoms with Gasteiger partial charge in [0.2, 0.25) is 0 Å². The predicted octanol–water partition coefficient (Wildman–Crippen LogP) is 2.95. The van der Waals surface area contributed by atoms with Crippen LogP contribution in [-0.4, -0.2) is 84.0 Å². The summed E-state index contributed by atoms with van der Waals surface area (Å²) >= 11 is 1.57. The number of benzene rings is 2. The van der Waals surface area contributed by atoms with Crippen LogP contribution in [0.1, 0.15) is 22.3 Å². The van der Waals surface area contributed by atoms with Crippen molar-refractivity contribution in [1.29, 1.82) is 0 Å². The lowest BCUT2D eigenvalue weighted by molar-refractivity contribution is 0.0666. The largest absolute Gasteiger partial charge is 0.382 e. The number of carbonyl (C=O) groups excluding carboxylic acids is 1. The highest BCUT2D eigenvalue weighted by atomic mass is 32.2. The second-order valence-electron chi connectivity index (χ2n) is 9.16. The number of pyridine rings is 1. The van der Waals surface area contributed by atoms with Crippen LogP contribution < -0.4 is 15.9 Å². The number of methoxy groups -OCH3 is 1. The Labute approximate surface area is 225 Å². The molecule has 3 aromatic rings. The molecule has 0 spiro atoms. The Morgan fingerprint density at radius 2 is 1.86 bits per heavy atom. The van der Waals surface area contributed by atoms with Gasteiger partial charge in [-0.15, -0.1) is 11.8 Å². The first-order valence-corrected chi connectivity index (χ1v) is 13.4. The number of nitrogens with zero attached hydrogens (tertiary/aromatic N) is 3. The minimum absolute atomic E-state index is 0.206. The van der Waals surface area contributed by atoms with Gasteiger partial charge in [0.1, 0.15) is 7.85 Å². The molecular formula is C28H36BN3O4S. The average molecular weight is 521 g/mol. The minimum Gasteiger partial charge on any atom is -0.382 e. The number of anilines is 1. The number of rotatable bonds is 15. The first-order valence-electron chi connectivity index (χ1n) is 12.4. The molecule has 9 heteroatoms. The third-order valence-corrected chi connectivity index (χ3v) is 7.41. The fourth-order valence-corrected chi connectivity index (χ4v) is 5.25. The molecule has 2 radical (unpaired) electrons. The molecule has 37 heavy (non-hydrogen) atoms. The number of hydrogen-bond acceptors (Lipinski definition) is 7. The van der Waals surface area contributed by atoms with Crippen LogP contribution in [0, 0.1) is 0 Å². The number of carbonyl (C=O) groups is 1. The van der Waals surface area contributed by atoms with Crippen LogP contribution in [0.15, 0.2) is 52.2 Å². The summed E-state index contributed by atoms with van der Waals surface area (Å²) in [7, 11) is 13.7. The molecule has 0 bridgehead atoms. The highest BCUT2D eigenvalue weighted by molar-refractivity contribution is 7.99. The van der Waals surface area contributed by atoms with Crippen LogP contribution in [0.2, 0.25) is 0 Å². The second kappa shape index (κ2) is 14.4. The van der Waals surface area contributed by atoms with Gasteiger partial charge < -0.3 is 23.8 Å². The molecule has 0 saturated carbocycles. The number of aldehydes is 1. The summed E-state index contributed by atoms with van der Waals surface area (Å²) in [5, 5.41) is 0.902. The molecule has 0 aliphatic heterocycles. The van der Waals surface area contributed by atoms with Gasteiger partial charge in [-0.2, -0.15) is 0 Å². The molecule has 196 valence electrons. The molecule has 7 nitrogen and oxygen atoms in total. The summed E-state index contributed by atoms with van der Waals surface area (Å²) in [6.45, 7) is 3.30. The number of aromatic nitrogens is 1. The van der Waals surface area contributed by atoms with Crippen molar-refractivity contribution in [2.75, 3.05) is 65.3 Å².